The second kappa shape index (κ2) is 5.96. The Morgan fingerprint density at radius 1 is 1.56 bits per heavy atom. The number of aliphatic carboxylic acids is 1. The third kappa shape index (κ3) is 3.42. The lowest BCUT2D eigenvalue weighted by molar-refractivity contribution is -0.136. The van der Waals surface area contributed by atoms with Crippen LogP contribution in [0.25, 0.3) is 0 Å². The van der Waals surface area contributed by atoms with Crippen LogP contribution in [0.15, 0.2) is 12.1 Å². The van der Waals surface area contributed by atoms with E-state index < -0.39 is 12.6 Å². The van der Waals surface area contributed by atoms with Gasteiger partial charge in [0, 0.05) is 0 Å². The predicted octanol–water partition coefficient (Wildman–Crippen LogP) is 2.35. The molecule has 1 aromatic rings. The van der Waals surface area contributed by atoms with Gasteiger partial charge in [0.05, 0.1) is 12.0 Å². The smallest absolute Gasteiger partial charge is 0.387 e. The summed E-state index contributed by atoms with van der Waals surface area (Å²) in [5.74, 6) is -1.35. The van der Waals surface area contributed by atoms with Gasteiger partial charge in [-0.1, -0.05) is 13.0 Å². The highest BCUT2D eigenvalue weighted by molar-refractivity contribution is 5.71. The van der Waals surface area contributed by atoms with E-state index in [0.717, 1.165) is 6.07 Å². The molecular weight excluding hydrogens is 244 g/mol. The Bertz CT molecular complexity index is 495. The van der Waals surface area contributed by atoms with Crippen LogP contribution in [-0.2, 0) is 17.6 Å². The maximum atomic E-state index is 12.2. The minimum atomic E-state index is -3.05. The maximum absolute atomic E-state index is 12.2. The second-order valence-corrected chi connectivity index (χ2v) is 3.54. The molecule has 0 bridgehead atoms. The molecule has 0 aliphatic heterocycles. The summed E-state index contributed by atoms with van der Waals surface area (Å²) >= 11 is 0. The molecule has 0 saturated carbocycles. The van der Waals surface area contributed by atoms with Crippen LogP contribution in [0.1, 0.15) is 23.6 Å². The van der Waals surface area contributed by atoms with E-state index in [1.165, 1.54) is 6.07 Å². The Hall–Kier alpha value is -2.16. The summed E-state index contributed by atoms with van der Waals surface area (Å²) in [7, 11) is 0. The van der Waals surface area contributed by atoms with Gasteiger partial charge in [-0.3, -0.25) is 4.79 Å². The lowest BCUT2D eigenvalue weighted by Gasteiger charge is -2.11. The highest BCUT2D eigenvalue weighted by atomic mass is 19.3. The van der Waals surface area contributed by atoms with E-state index in [4.69, 9.17) is 10.4 Å². The van der Waals surface area contributed by atoms with Gasteiger partial charge >= 0.3 is 12.6 Å². The highest BCUT2D eigenvalue weighted by Crippen LogP contribution is 2.26. The molecule has 0 radical (unpaired) electrons. The molecular formula is C12H11F2NO3. The molecule has 18 heavy (non-hydrogen) atoms. The lowest BCUT2D eigenvalue weighted by atomic mass is 10.00. The van der Waals surface area contributed by atoms with Crippen LogP contribution in [0.4, 0.5) is 8.78 Å². The van der Waals surface area contributed by atoms with Crippen LogP contribution >= 0.6 is 0 Å². The van der Waals surface area contributed by atoms with Crippen molar-refractivity contribution in [3.05, 3.63) is 28.8 Å². The number of carbonyl (C=O) groups is 1. The molecule has 0 heterocycles. The monoisotopic (exact) mass is 255 g/mol. The summed E-state index contributed by atoms with van der Waals surface area (Å²) in [6, 6.07) is 4.48. The van der Waals surface area contributed by atoms with E-state index in [9.17, 15) is 13.6 Å². The average Bonchev–Trinajstić information content (AvgIpc) is 2.26. The number of benzene rings is 1. The van der Waals surface area contributed by atoms with E-state index in [0.29, 0.717) is 17.5 Å². The molecule has 96 valence electrons. The fraction of sp³-hybridized carbons (Fsp3) is 0.333. The largest absolute Gasteiger partial charge is 0.481 e. The summed E-state index contributed by atoms with van der Waals surface area (Å²) in [4.78, 5) is 10.6. The molecule has 0 aliphatic rings. The van der Waals surface area contributed by atoms with Gasteiger partial charge < -0.3 is 9.84 Å². The number of halogens is 2. The van der Waals surface area contributed by atoms with Gasteiger partial charge in [-0.15, -0.1) is 0 Å². The number of alkyl halides is 2. The van der Waals surface area contributed by atoms with Crippen molar-refractivity contribution in [1.82, 2.24) is 0 Å². The number of nitrogens with zero attached hydrogens (tertiary/aromatic N) is 1. The zero-order valence-corrected chi connectivity index (χ0v) is 9.61. The summed E-state index contributed by atoms with van der Waals surface area (Å²) in [6.07, 6.45) is 0.119. The van der Waals surface area contributed by atoms with E-state index in [-0.39, 0.29) is 17.7 Å². The number of nitriles is 1. The first-order valence-electron chi connectivity index (χ1n) is 5.20. The minimum absolute atomic E-state index is 0.0203. The van der Waals surface area contributed by atoms with Crippen molar-refractivity contribution >= 4 is 5.97 Å². The van der Waals surface area contributed by atoms with E-state index in [1.807, 2.05) is 0 Å². The Kier molecular flexibility index (Phi) is 4.60. The minimum Gasteiger partial charge on any atom is -0.481 e. The van der Waals surface area contributed by atoms with Gasteiger partial charge in [0.1, 0.15) is 11.8 Å². The summed E-state index contributed by atoms with van der Waals surface area (Å²) < 4.78 is 28.7. The van der Waals surface area contributed by atoms with Gasteiger partial charge in [-0.2, -0.15) is 14.0 Å². The van der Waals surface area contributed by atoms with Crippen molar-refractivity contribution in [3.8, 4) is 11.8 Å². The molecule has 1 rings (SSSR count). The van der Waals surface area contributed by atoms with Crippen molar-refractivity contribution in [1.29, 1.82) is 5.26 Å². The van der Waals surface area contributed by atoms with Gasteiger partial charge in [0.15, 0.2) is 0 Å². The van der Waals surface area contributed by atoms with Crippen molar-refractivity contribution in [2.24, 2.45) is 0 Å². The molecule has 0 amide bonds. The highest BCUT2D eigenvalue weighted by Gasteiger charge is 2.15. The van der Waals surface area contributed by atoms with Crippen LogP contribution in [0, 0.1) is 11.3 Å². The Labute approximate surface area is 102 Å². The SMILES string of the molecule is CCc1cc(CC(=O)O)cc(OC(F)F)c1C#N. The first-order chi connectivity index (χ1) is 8.47. The number of ether oxygens (including phenoxy) is 1. The first-order valence-corrected chi connectivity index (χ1v) is 5.20. The van der Waals surface area contributed by atoms with Crippen molar-refractivity contribution in [3.63, 3.8) is 0 Å². The third-order valence-electron chi connectivity index (χ3n) is 2.31. The summed E-state index contributed by atoms with van der Waals surface area (Å²) in [6.45, 7) is -1.31. The second-order valence-electron chi connectivity index (χ2n) is 3.54. The van der Waals surface area contributed by atoms with Crippen molar-refractivity contribution < 1.29 is 23.4 Å². The number of rotatable bonds is 5. The molecule has 0 saturated heterocycles. The molecule has 0 spiro atoms. The normalized spacial score (nSPS) is 10.2. The molecule has 0 atom stereocenters. The molecule has 1 aromatic carbocycles. The Morgan fingerprint density at radius 3 is 2.67 bits per heavy atom. The fourth-order valence-corrected chi connectivity index (χ4v) is 1.61. The van der Waals surface area contributed by atoms with Crippen LogP contribution in [0.5, 0.6) is 5.75 Å². The van der Waals surface area contributed by atoms with Crippen LogP contribution < -0.4 is 4.74 Å². The van der Waals surface area contributed by atoms with Gasteiger partial charge in [0.25, 0.3) is 0 Å². The summed E-state index contributed by atoms with van der Waals surface area (Å²) in [5.41, 5.74) is 0.841. The fourth-order valence-electron chi connectivity index (χ4n) is 1.61. The number of hydrogen-bond donors (Lipinski definition) is 1. The maximum Gasteiger partial charge on any atom is 0.387 e. The Balaban J connectivity index is 3.27. The lowest BCUT2D eigenvalue weighted by Crippen LogP contribution is -2.07. The van der Waals surface area contributed by atoms with Crippen LogP contribution in [0.2, 0.25) is 0 Å². The number of carboxylic acid groups (broad SMARTS) is 1. The molecule has 0 fully saturated rings. The molecule has 0 aliphatic carbocycles. The molecule has 0 unspecified atom stereocenters. The average molecular weight is 255 g/mol. The van der Waals surface area contributed by atoms with E-state index in [2.05, 4.69) is 4.74 Å². The standard InChI is InChI=1S/C12H11F2NO3/c1-2-8-3-7(5-11(16)17)4-10(9(8)6-15)18-12(13)14/h3-4,12H,2,5H2,1H3,(H,16,17). The first kappa shape index (κ1) is 13.9. The molecule has 0 aromatic heterocycles. The topological polar surface area (TPSA) is 70.3 Å². The number of carboxylic acids is 1. The quantitative estimate of drug-likeness (QED) is 0.876. The predicted molar refractivity (Wildman–Crippen MR) is 58.5 cm³/mol. The van der Waals surface area contributed by atoms with Crippen LogP contribution in [0.3, 0.4) is 0 Å². The zero-order valence-electron chi connectivity index (χ0n) is 9.61. The van der Waals surface area contributed by atoms with Gasteiger partial charge in [0.2, 0.25) is 0 Å². The van der Waals surface area contributed by atoms with Gasteiger partial charge in [-0.05, 0) is 23.6 Å². The van der Waals surface area contributed by atoms with Gasteiger partial charge in [-0.25, -0.2) is 0 Å². The van der Waals surface area contributed by atoms with Crippen LogP contribution in [-0.4, -0.2) is 17.7 Å². The van der Waals surface area contributed by atoms with Crippen molar-refractivity contribution in [2.75, 3.05) is 0 Å². The zero-order chi connectivity index (χ0) is 13.7. The van der Waals surface area contributed by atoms with E-state index >= 15 is 0 Å². The third-order valence-corrected chi connectivity index (χ3v) is 2.31. The number of hydrogen-bond acceptors (Lipinski definition) is 3. The molecule has 1 N–H and O–H groups in total. The van der Waals surface area contributed by atoms with Crippen molar-refractivity contribution in [2.45, 2.75) is 26.4 Å². The Morgan fingerprint density at radius 2 is 2.22 bits per heavy atom. The molecule has 6 heteroatoms. The number of aryl methyl sites for hydroxylation is 1. The van der Waals surface area contributed by atoms with E-state index in [1.54, 1.807) is 13.0 Å². The molecule has 4 nitrogen and oxygen atoms in total. The summed E-state index contributed by atoms with van der Waals surface area (Å²) in [5, 5.41) is 17.6.